The molecule has 0 saturated heterocycles. The van der Waals surface area contributed by atoms with Crippen LogP contribution in [0.25, 0.3) is 0 Å². The molecule has 0 bridgehead atoms. The molecular weight excluding hydrogens is 160 g/mol. The smallest absolute Gasteiger partial charge is 0.345 e. The molecule has 5 heteroatoms. The molecule has 0 rings (SSSR count). The zero-order valence-electron chi connectivity index (χ0n) is 7.30. The molecular formula is C7H12N2O3. The van der Waals surface area contributed by atoms with Crippen LogP contribution in [0.2, 0.25) is 0 Å². The first-order chi connectivity index (χ1) is 5.54. The fourth-order valence-corrected chi connectivity index (χ4v) is 0.660. The molecule has 1 amide bonds. The average Bonchev–Trinajstić information content (AvgIpc) is 2.03. The first kappa shape index (κ1) is 10.5. The molecule has 0 aliphatic carbocycles. The van der Waals surface area contributed by atoms with E-state index in [-0.39, 0.29) is 11.3 Å². The van der Waals surface area contributed by atoms with Crippen molar-refractivity contribution in [3.05, 3.63) is 11.3 Å². The Morgan fingerprint density at radius 2 is 1.92 bits per heavy atom. The Labute approximate surface area is 70.6 Å². The van der Waals surface area contributed by atoms with Gasteiger partial charge in [0.1, 0.15) is 5.57 Å². The lowest BCUT2D eigenvalue weighted by atomic mass is 10.2. The molecule has 68 valence electrons. The molecule has 0 aromatic carbocycles. The van der Waals surface area contributed by atoms with E-state index in [2.05, 4.69) is 10.1 Å². The van der Waals surface area contributed by atoms with Gasteiger partial charge < -0.3 is 15.8 Å². The SMILES string of the molecule is CNC(=O)/C(C(=O)OC)=C(/C)N. The Morgan fingerprint density at radius 3 is 2.17 bits per heavy atom. The maximum absolute atomic E-state index is 11.0. The number of rotatable bonds is 2. The fraction of sp³-hybridized carbons (Fsp3) is 0.429. The van der Waals surface area contributed by atoms with Gasteiger partial charge in [-0.25, -0.2) is 4.79 Å². The number of esters is 1. The van der Waals surface area contributed by atoms with Crippen LogP contribution in [-0.2, 0) is 14.3 Å². The molecule has 0 aliphatic heterocycles. The minimum absolute atomic E-state index is 0.140. The zero-order chi connectivity index (χ0) is 9.72. The number of hydrogen-bond donors (Lipinski definition) is 2. The highest BCUT2D eigenvalue weighted by Gasteiger charge is 2.19. The van der Waals surface area contributed by atoms with Gasteiger partial charge in [0.25, 0.3) is 5.91 Å². The van der Waals surface area contributed by atoms with Crippen LogP contribution in [0.1, 0.15) is 6.92 Å². The topological polar surface area (TPSA) is 81.4 Å². The summed E-state index contributed by atoms with van der Waals surface area (Å²) in [5.41, 5.74) is 5.29. The minimum Gasteiger partial charge on any atom is -0.465 e. The third kappa shape index (κ3) is 2.26. The normalized spacial score (nSPS) is 11.6. The van der Waals surface area contributed by atoms with E-state index in [1.54, 1.807) is 0 Å². The lowest BCUT2D eigenvalue weighted by Gasteiger charge is -2.04. The molecule has 0 unspecified atom stereocenters. The molecule has 0 fully saturated rings. The van der Waals surface area contributed by atoms with Crippen LogP contribution in [0.5, 0.6) is 0 Å². The standard InChI is InChI=1S/C7H12N2O3/c1-4(8)5(6(10)9-2)7(11)12-3/h8H2,1-3H3,(H,9,10)/b5-4+. The number of ether oxygens (including phenoxy) is 1. The van der Waals surface area contributed by atoms with Gasteiger partial charge >= 0.3 is 5.97 Å². The van der Waals surface area contributed by atoms with Gasteiger partial charge in [-0.3, -0.25) is 4.79 Å². The molecule has 0 spiro atoms. The molecule has 3 N–H and O–H groups in total. The van der Waals surface area contributed by atoms with Gasteiger partial charge in [-0.1, -0.05) is 0 Å². The molecule has 5 nitrogen and oxygen atoms in total. The summed E-state index contributed by atoms with van der Waals surface area (Å²) in [6.45, 7) is 1.46. The highest BCUT2D eigenvalue weighted by atomic mass is 16.5. The average molecular weight is 172 g/mol. The molecule has 0 atom stereocenters. The van der Waals surface area contributed by atoms with E-state index >= 15 is 0 Å². The lowest BCUT2D eigenvalue weighted by Crippen LogP contribution is -2.28. The first-order valence-corrected chi connectivity index (χ1v) is 3.31. The number of hydrogen-bond acceptors (Lipinski definition) is 4. The summed E-state index contributed by atoms with van der Waals surface area (Å²) >= 11 is 0. The number of amides is 1. The fourth-order valence-electron chi connectivity index (χ4n) is 0.660. The minimum atomic E-state index is -0.727. The molecule has 0 aromatic rings. The quantitative estimate of drug-likeness (QED) is 0.246. The predicted molar refractivity (Wildman–Crippen MR) is 43.0 cm³/mol. The third-order valence-electron chi connectivity index (χ3n) is 1.24. The summed E-state index contributed by atoms with van der Waals surface area (Å²) in [6.07, 6.45) is 0. The summed E-state index contributed by atoms with van der Waals surface area (Å²) in [7, 11) is 2.60. The Bertz CT molecular complexity index is 211. The van der Waals surface area contributed by atoms with Crippen LogP contribution >= 0.6 is 0 Å². The maximum atomic E-state index is 11.0. The Balaban J connectivity index is 4.83. The monoisotopic (exact) mass is 172 g/mol. The van der Waals surface area contributed by atoms with Crippen molar-refractivity contribution in [1.82, 2.24) is 5.32 Å². The molecule has 12 heavy (non-hydrogen) atoms. The highest BCUT2D eigenvalue weighted by Crippen LogP contribution is 2.00. The number of carbonyl (C=O) groups excluding carboxylic acids is 2. The number of likely N-dealkylation sites (N-methyl/N-ethyl adjacent to an activating group) is 1. The molecule has 0 aromatic heterocycles. The van der Waals surface area contributed by atoms with E-state index in [0.717, 1.165) is 0 Å². The van der Waals surface area contributed by atoms with Crippen LogP contribution in [0, 0.1) is 0 Å². The number of carbonyl (C=O) groups is 2. The van der Waals surface area contributed by atoms with E-state index in [4.69, 9.17) is 5.73 Å². The summed E-state index contributed by atoms with van der Waals surface area (Å²) in [6, 6.07) is 0. The molecule has 0 saturated carbocycles. The number of nitrogens with two attached hydrogens (primary N) is 1. The van der Waals surface area contributed by atoms with Gasteiger partial charge in [-0.15, -0.1) is 0 Å². The van der Waals surface area contributed by atoms with Crippen LogP contribution < -0.4 is 11.1 Å². The first-order valence-electron chi connectivity index (χ1n) is 3.31. The molecule has 0 heterocycles. The van der Waals surface area contributed by atoms with Crippen molar-refractivity contribution in [3.63, 3.8) is 0 Å². The van der Waals surface area contributed by atoms with Crippen LogP contribution in [-0.4, -0.2) is 26.0 Å². The summed E-state index contributed by atoms with van der Waals surface area (Å²) in [5, 5.41) is 2.28. The predicted octanol–water partition coefficient (Wildman–Crippen LogP) is -0.862. The van der Waals surface area contributed by atoms with Crippen LogP contribution in [0.15, 0.2) is 11.3 Å². The summed E-state index contributed by atoms with van der Waals surface area (Å²) < 4.78 is 4.36. The number of nitrogens with one attached hydrogen (secondary N) is 1. The van der Waals surface area contributed by atoms with Gasteiger partial charge in [-0.05, 0) is 6.92 Å². The van der Waals surface area contributed by atoms with E-state index < -0.39 is 11.9 Å². The Hall–Kier alpha value is -1.52. The van der Waals surface area contributed by atoms with Gasteiger partial charge in [-0.2, -0.15) is 0 Å². The van der Waals surface area contributed by atoms with Gasteiger partial charge in [0.15, 0.2) is 0 Å². The van der Waals surface area contributed by atoms with Crippen molar-refractivity contribution in [3.8, 4) is 0 Å². The Kier molecular flexibility index (Phi) is 3.82. The van der Waals surface area contributed by atoms with Crippen molar-refractivity contribution < 1.29 is 14.3 Å². The van der Waals surface area contributed by atoms with Crippen molar-refractivity contribution in [2.24, 2.45) is 5.73 Å². The van der Waals surface area contributed by atoms with Crippen LogP contribution in [0.4, 0.5) is 0 Å². The second-order valence-electron chi connectivity index (χ2n) is 2.13. The number of allylic oxidation sites excluding steroid dienone is 1. The highest BCUT2D eigenvalue weighted by molar-refractivity contribution is 6.16. The molecule has 0 aliphatic rings. The van der Waals surface area contributed by atoms with E-state index in [9.17, 15) is 9.59 Å². The van der Waals surface area contributed by atoms with E-state index in [1.807, 2.05) is 0 Å². The van der Waals surface area contributed by atoms with E-state index in [0.29, 0.717) is 0 Å². The van der Waals surface area contributed by atoms with Gasteiger partial charge in [0.2, 0.25) is 0 Å². The van der Waals surface area contributed by atoms with E-state index in [1.165, 1.54) is 21.1 Å². The summed E-state index contributed by atoms with van der Waals surface area (Å²) in [4.78, 5) is 21.9. The van der Waals surface area contributed by atoms with Crippen molar-refractivity contribution in [2.45, 2.75) is 6.92 Å². The second kappa shape index (κ2) is 4.38. The van der Waals surface area contributed by atoms with Crippen molar-refractivity contribution >= 4 is 11.9 Å². The Morgan fingerprint density at radius 1 is 1.42 bits per heavy atom. The largest absolute Gasteiger partial charge is 0.465 e. The van der Waals surface area contributed by atoms with Crippen molar-refractivity contribution in [1.29, 1.82) is 0 Å². The lowest BCUT2D eigenvalue weighted by molar-refractivity contribution is -0.138. The third-order valence-corrected chi connectivity index (χ3v) is 1.24. The summed E-state index contributed by atoms with van der Waals surface area (Å²) in [5.74, 6) is -1.27. The molecule has 0 radical (unpaired) electrons. The zero-order valence-corrected chi connectivity index (χ0v) is 7.30. The van der Waals surface area contributed by atoms with Crippen LogP contribution in [0.3, 0.4) is 0 Å². The van der Waals surface area contributed by atoms with Gasteiger partial charge in [0, 0.05) is 12.7 Å². The maximum Gasteiger partial charge on any atom is 0.345 e. The number of methoxy groups -OCH3 is 1. The second-order valence-corrected chi connectivity index (χ2v) is 2.13. The van der Waals surface area contributed by atoms with Crippen molar-refractivity contribution in [2.75, 3.05) is 14.2 Å². The van der Waals surface area contributed by atoms with Gasteiger partial charge in [0.05, 0.1) is 7.11 Å².